The van der Waals surface area contributed by atoms with Gasteiger partial charge in [-0.15, -0.1) is 0 Å². The smallest absolute Gasteiger partial charge is 0.217 e. The molecule has 0 spiro atoms. The highest BCUT2D eigenvalue weighted by atomic mass is 16.1. The van der Waals surface area contributed by atoms with Gasteiger partial charge in [-0.2, -0.15) is 0 Å². The predicted octanol–water partition coefficient (Wildman–Crippen LogP) is 2.73. The van der Waals surface area contributed by atoms with Gasteiger partial charge in [0, 0.05) is 13.0 Å². The van der Waals surface area contributed by atoms with E-state index >= 15 is 0 Å². The third-order valence-corrected chi connectivity index (χ3v) is 5.43. The fourth-order valence-corrected chi connectivity index (χ4v) is 5.62. The third-order valence-electron chi connectivity index (χ3n) is 5.43. The van der Waals surface area contributed by atoms with Gasteiger partial charge in [-0.25, -0.2) is 0 Å². The van der Waals surface area contributed by atoms with Crippen LogP contribution in [0.2, 0.25) is 0 Å². The van der Waals surface area contributed by atoms with Crippen LogP contribution in [0.4, 0.5) is 0 Å². The monoisotopic (exact) mass is 221 g/mol. The molecule has 4 aliphatic rings. The number of amides is 1. The number of nitrogens with one attached hydrogen (secondary N) is 1. The van der Waals surface area contributed by atoms with Crippen LogP contribution in [0.1, 0.15) is 52.9 Å². The van der Waals surface area contributed by atoms with Gasteiger partial charge >= 0.3 is 0 Å². The summed E-state index contributed by atoms with van der Waals surface area (Å²) >= 11 is 0. The summed E-state index contributed by atoms with van der Waals surface area (Å²) in [5.74, 6) is 2.03. The Labute approximate surface area is 98.2 Å². The fraction of sp³-hybridized carbons (Fsp3) is 0.929. The average molecular weight is 221 g/mol. The molecule has 1 amide bonds. The minimum Gasteiger partial charge on any atom is -0.353 e. The molecule has 0 unspecified atom stereocenters. The summed E-state index contributed by atoms with van der Waals surface area (Å²) < 4.78 is 0. The van der Waals surface area contributed by atoms with Crippen molar-refractivity contribution in [2.75, 3.05) is 0 Å². The summed E-state index contributed by atoms with van der Waals surface area (Å²) in [5.41, 5.74) is 0.759. The van der Waals surface area contributed by atoms with Crippen LogP contribution in [0.15, 0.2) is 0 Å². The van der Waals surface area contributed by atoms with Crippen LogP contribution in [0, 0.1) is 22.7 Å². The lowest BCUT2D eigenvalue weighted by Crippen LogP contribution is -2.65. The Kier molecular flexibility index (Phi) is 2.01. The van der Waals surface area contributed by atoms with Gasteiger partial charge in [0.2, 0.25) is 5.91 Å². The van der Waals surface area contributed by atoms with Crippen LogP contribution in [-0.2, 0) is 4.79 Å². The normalized spacial score (nSPS) is 54.1. The first-order valence-electron chi connectivity index (χ1n) is 6.68. The zero-order valence-electron chi connectivity index (χ0n) is 10.7. The van der Waals surface area contributed by atoms with Gasteiger partial charge < -0.3 is 5.32 Å². The van der Waals surface area contributed by atoms with E-state index < -0.39 is 0 Å². The first kappa shape index (κ1) is 10.6. The van der Waals surface area contributed by atoms with E-state index in [1.807, 2.05) is 0 Å². The van der Waals surface area contributed by atoms with Crippen molar-refractivity contribution in [2.45, 2.75) is 58.9 Å². The van der Waals surface area contributed by atoms with Crippen molar-refractivity contribution >= 4 is 5.91 Å². The molecule has 0 radical (unpaired) electrons. The predicted molar refractivity (Wildman–Crippen MR) is 63.9 cm³/mol. The maximum absolute atomic E-state index is 11.4. The van der Waals surface area contributed by atoms with Gasteiger partial charge in [-0.1, -0.05) is 13.8 Å². The van der Waals surface area contributed by atoms with Crippen molar-refractivity contribution in [1.29, 1.82) is 0 Å². The maximum Gasteiger partial charge on any atom is 0.217 e. The molecule has 0 aromatic carbocycles. The van der Waals surface area contributed by atoms with E-state index in [9.17, 15) is 4.79 Å². The zero-order chi connectivity index (χ0) is 11.6. The molecule has 4 rings (SSSR count). The summed E-state index contributed by atoms with van der Waals surface area (Å²) in [5, 5.41) is 3.27. The van der Waals surface area contributed by atoms with Gasteiger partial charge in [0.1, 0.15) is 0 Å². The van der Waals surface area contributed by atoms with Crippen molar-refractivity contribution in [2.24, 2.45) is 22.7 Å². The Bertz CT molecular complexity index is 300. The lowest BCUT2D eigenvalue weighted by Gasteiger charge is -2.65. The summed E-state index contributed by atoms with van der Waals surface area (Å²) in [6.07, 6.45) is 6.81. The highest BCUT2D eigenvalue weighted by Gasteiger charge is 2.60. The molecule has 0 aliphatic heterocycles. The third kappa shape index (κ3) is 1.34. The van der Waals surface area contributed by atoms with Crippen LogP contribution >= 0.6 is 0 Å². The Morgan fingerprint density at radius 3 is 1.88 bits per heavy atom. The molecule has 0 aromatic rings. The average Bonchev–Trinajstić information content (AvgIpc) is 2.08. The summed E-state index contributed by atoms with van der Waals surface area (Å²) in [7, 11) is 0. The van der Waals surface area contributed by atoms with Crippen LogP contribution < -0.4 is 5.32 Å². The molecular weight excluding hydrogens is 198 g/mol. The van der Waals surface area contributed by atoms with E-state index in [2.05, 4.69) is 19.2 Å². The minimum absolute atomic E-state index is 0.153. The number of rotatable bonds is 1. The Hall–Kier alpha value is -0.530. The maximum atomic E-state index is 11.4. The molecule has 4 saturated carbocycles. The molecule has 4 aliphatic carbocycles. The van der Waals surface area contributed by atoms with Crippen molar-refractivity contribution < 1.29 is 4.79 Å². The molecule has 1 N–H and O–H groups in total. The quantitative estimate of drug-likeness (QED) is 0.724. The standard InChI is InChI=1S/C14H23NO/c1-9(16)15-12-13(2)5-10-4-11(6-13)8-14(12,3)7-10/h10-12H,4-8H2,1-3H3,(H,15,16). The van der Waals surface area contributed by atoms with Crippen molar-refractivity contribution in [3.05, 3.63) is 0 Å². The number of carbonyl (C=O) groups excluding carboxylic acids is 1. The second kappa shape index (κ2) is 3.02. The van der Waals surface area contributed by atoms with Gasteiger partial charge in [0.05, 0.1) is 0 Å². The van der Waals surface area contributed by atoms with Gasteiger partial charge in [0.15, 0.2) is 0 Å². The number of carbonyl (C=O) groups is 1. The molecule has 0 aromatic heterocycles. The molecule has 0 heterocycles. The van der Waals surface area contributed by atoms with Gasteiger partial charge in [-0.3, -0.25) is 4.79 Å². The second-order valence-corrected chi connectivity index (χ2v) is 7.23. The zero-order valence-corrected chi connectivity index (χ0v) is 10.7. The first-order chi connectivity index (χ1) is 7.41. The van der Waals surface area contributed by atoms with E-state index in [1.54, 1.807) is 6.92 Å². The van der Waals surface area contributed by atoms with Crippen molar-refractivity contribution in [1.82, 2.24) is 5.32 Å². The number of hydrogen-bond donors (Lipinski definition) is 1. The van der Waals surface area contributed by atoms with E-state index in [4.69, 9.17) is 0 Å². The highest BCUT2D eigenvalue weighted by Crippen LogP contribution is 2.64. The second-order valence-electron chi connectivity index (χ2n) is 7.23. The lowest BCUT2D eigenvalue weighted by molar-refractivity contribution is -0.141. The van der Waals surface area contributed by atoms with Crippen LogP contribution in [0.3, 0.4) is 0 Å². The molecule has 4 bridgehead atoms. The van der Waals surface area contributed by atoms with Crippen molar-refractivity contribution in [3.63, 3.8) is 0 Å². The summed E-state index contributed by atoms with van der Waals surface area (Å²) in [4.78, 5) is 11.4. The first-order valence-corrected chi connectivity index (χ1v) is 6.68. The molecule has 16 heavy (non-hydrogen) atoms. The van der Waals surface area contributed by atoms with Crippen molar-refractivity contribution in [3.8, 4) is 0 Å². The molecule has 90 valence electrons. The highest BCUT2D eigenvalue weighted by molar-refractivity contribution is 5.73. The van der Waals surface area contributed by atoms with Crippen LogP contribution in [0.25, 0.3) is 0 Å². The molecule has 0 atom stereocenters. The molecular formula is C14H23NO. The molecule has 0 saturated heterocycles. The Morgan fingerprint density at radius 2 is 1.50 bits per heavy atom. The van der Waals surface area contributed by atoms with Gasteiger partial charge in [0.25, 0.3) is 0 Å². The van der Waals surface area contributed by atoms with E-state index in [1.165, 1.54) is 32.1 Å². The largest absolute Gasteiger partial charge is 0.353 e. The lowest BCUT2D eigenvalue weighted by atomic mass is 9.43. The number of hydrogen-bond acceptors (Lipinski definition) is 1. The topological polar surface area (TPSA) is 29.1 Å². The fourth-order valence-electron chi connectivity index (χ4n) is 5.62. The van der Waals surface area contributed by atoms with E-state index in [0.717, 1.165) is 11.8 Å². The molecule has 4 fully saturated rings. The minimum atomic E-state index is 0.153. The van der Waals surface area contributed by atoms with Crippen LogP contribution in [-0.4, -0.2) is 11.9 Å². The Morgan fingerprint density at radius 1 is 1.06 bits per heavy atom. The van der Waals surface area contributed by atoms with E-state index in [-0.39, 0.29) is 5.91 Å². The molecule has 2 heteroatoms. The molecule has 2 nitrogen and oxygen atoms in total. The SMILES string of the molecule is CC(=O)NC1C2(C)CC3CC(C2)CC1(C)C3. The summed E-state index contributed by atoms with van der Waals surface area (Å²) in [6, 6.07) is 0.422. The summed E-state index contributed by atoms with van der Waals surface area (Å²) in [6.45, 7) is 6.48. The van der Waals surface area contributed by atoms with Gasteiger partial charge in [-0.05, 0) is 54.8 Å². The van der Waals surface area contributed by atoms with Crippen LogP contribution in [0.5, 0.6) is 0 Å². The van der Waals surface area contributed by atoms with E-state index in [0.29, 0.717) is 16.9 Å². The Balaban J connectivity index is 1.94.